The van der Waals surface area contributed by atoms with Gasteiger partial charge in [0.05, 0.1) is 11.0 Å². The number of para-hydroxylation sites is 1. The highest BCUT2D eigenvalue weighted by atomic mass is 35.5. The number of nitrogens with zero attached hydrogens (tertiary/aromatic N) is 1. The van der Waals surface area contributed by atoms with Gasteiger partial charge >= 0.3 is 0 Å². The Labute approximate surface area is 198 Å². The monoisotopic (exact) mass is 479 g/mol. The summed E-state index contributed by atoms with van der Waals surface area (Å²) in [5.74, 6) is -0.513. The third-order valence-corrected chi connectivity index (χ3v) is 5.21. The second-order valence-electron chi connectivity index (χ2n) is 7.34. The summed E-state index contributed by atoms with van der Waals surface area (Å²) in [6.07, 6.45) is 0. The average molecular weight is 480 g/mol. The number of nitro groups is 1. The zero-order valence-corrected chi connectivity index (χ0v) is 18.6. The number of benzene rings is 3. The number of nitro benzene ring substituents is 1. The number of hydrogen-bond donors (Lipinski definition) is 2. The number of hydrogen-bond acceptors (Lipinski definition) is 6. The van der Waals surface area contributed by atoms with Gasteiger partial charge in [0.2, 0.25) is 0 Å². The highest BCUT2D eigenvalue weighted by Crippen LogP contribution is 2.28. The Balaban J connectivity index is 1.36. The lowest BCUT2D eigenvalue weighted by Crippen LogP contribution is -2.20. The molecule has 0 aliphatic heterocycles. The number of nitrogens with one attached hydrogen (secondary N) is 2. The van der Waals surface area contributed by atoms with Crippen LogP contribution in [0, 0.1) is 17.0 Å². The summed E-state index contributed by atoms with van der Waals surface area (Å²) in [6, 6.07) is 17.9. The second kappa shape index (κ2) is 9.63. The zero-order valence-electron chi connectivity index (χ0n) is 17.8. The molecule has 1 heterocycles. The number of carbonyl (C=O) groups excluding carboxylic acids is 2. The van der Waals surface area contributed by atoms with Crippen LogP contribution in [0.1, 0.15) is 16.1 Å². The number of amides is 2. The summed E-state index contributed by atoms with van der Waals surface area (Å²) in [6.45, 7) is 1.43. The zero-order chi connectivity index (χ0) is 24.2. The highest BCUT2D eigenvalue weighted by Gasteiger charge is 2.15. The molecule has 0 radical (unpaired) electrons. The summed E-state index contributed by atoms with van der Waals surface area (Å²) in [5, 5.41) is 17.2. The van der Waals surface area contributed by atoms with Crippen molar-refractivity contribution in [1.82, 2.24) is 0 Å². The molecular weight excluding hydrogens is 462 g/mol. The van der Waals surface area contributed by atoms with Crippen molar-refractivity contribution in [3.8, 4) is 5.75 Å². The number of rotatable bonds is 7. The third kappa shape index (κ3) is 5.16. The van der Waals surface area contributed by atoms with Crippen molar-refractivity contribution < 1.29 is 23.7 Å². The van der Waals surface area contributed by atoms with E-state index in [2.05, 4.69) is 10.6 Å². The van der Waals surface area contributed by atoms with Gasteiger partial charge in [0.25, 0.3) is 17.5 Å². The maximum absolute atomic E-state index is 12.6. The largest absolute Gasteiger partial charge is 0.484 e. The van der Waals surface area contributed by atoms with Crippen molar-refractivity contribution in [3.05, 3.63) is 93.2 Å². The van der Waals surface area contributed by atoms with Gasteiger partial charge in [-0.25, -0.2) is 0 Å². The van der Waals surface area contributed by atoms with Gasteiger partial charge in [-0.1, -0.05) is 29.8 Å². The molecule has 1 aromatic heterocycles. The number of aryl methyl sites for hydroxylation is 1. The van der Waals surface area contributed by atoms with E-state index in [1.54, 1.807) is 37.3 Å². The topological polar surface area (TPSA) is 124 Å². The molecule has 0 bridgehead atoms. The van der Waals surface area contributed by atoms with Crippen LogP contribution < -0.4 is 15.4 Å². The summed E-state index contributed by atoms with van der Waals surface area (Å²) in [5.41, 5.74) is 2.09. The molecule has 172 valence electrons. The standard InChI is InChI=1S/C24H18ClN3O6/c1-14-10-16(26-23(29)13-33-17-7-8-18(25)20(12-17)28(31)32)6-9-19(14)27-24(30)22-11-15-4-2-3-5-21(15)34-22/h2-12H,13H2,1H3,(H,26,29)(H,27,30). The molecule has 4 aromatic rings. The lowest BCUT2D eigenvalue weighted by Gasteiger charge is -2.11. The van der Waals surface area contributed by atoms with Crippen LogP contribution in [0.5, 0.6) is 5.75 Å². The van der Waals surface area contributed by atoms with E-state index in [4.69, 9.17) is 20.8 Å². The van der Waals surface area contributed by atoms with Gasteiger partial charge in [-0.2, -0.15) is 0 Å². The molecule has 0 saturated carbocycles. The first-order valence-electron chi connectivity index (χ1n) is 10.1. The van der Waals surface area contributed by atoms with E-state index >= 15 is 0 Å². The minimum absolute atomic E-state index is 0.0234. The van der Waals surface area contributed by atoms with Gasteiger partial charge < -0.3 is 19.8 Å². The number of fused-ring (bicyclic) bond motifs is 1. The average Bonchev–Trinajstić information content (AvgIpc) is 3.24. The van der Waals surface area contributed by atoms with Crippen LogP contribution in [0.2, 0.25) is 5.02 Å². The van der Waals surface area contributed by atoms with E-state index in [0.717, 1.165) is 17.0 Å². The Morgan fingerprint density at radius 3 is 2.59 bits per heavy atom. The molecule has 0 spiro atoms. The molecule has 0 unspecified atom stereocenters. The molecule has 2 amide bonds. The Kier molecular flexibility index (Phi) is 6.46. The minimum Gasteiger partial charge on any atom is -0.484 e. The van der Waals surface area contributed by atoms with Gasteiger partial charge in [-0.3, -0.25) is 19.7 Å². The number of furan rings is 1. The van der Waals surface area contributed by atoms with Crippen molar-refractivity contribution in [1.29, 1.82) is 0 Å². The fourth-order valence-corrected chi connectivity index (χ4v) is 3.41. The Bertz CT molecular complexity index is 1380. The number of ether oxygens (including phenoxy) is 1. The summed E-state index contributed by atoms with van der Waals surface area (Å²) in [7, 11) is 0. The molecule has 0 aliphatic rings. The van der Waals surface area contributed by atoms with Crippen LogP contribution in [0.25, 0.3) is 11.0 Å². The van der Waals surface area contributed by atoms with Crippen LogP contribution in [0.3, 0.4) is 0 Å². The van der Waals surface area contributed by atoms with Crippen LogP contribution >= 0.6 is 11.6 Å². The van der Waals surface area contributed by atoms with Gasteiger partial charge in [0.1, 0.15) is 16.4 Å². The molecule has 0 atom stereocenters. The maximum Gasteiger partial charge on any atom is 0.291 e. The van der Waals surface area contributed by atoms with E-state index in [-0.39, 0.29) is 34.7 Å². The minimum atomic E-state index is -0.632. The molecule has 4 rings (SSSR count). The molecule has 9 nitrogen and oxygen atoms in total. The van der Waals surface area contributed by atoms with E-state index in [1.807, 2.05) is 18.2 Å². The van der Waals surface area contributed by atoms with E-state index in [9.17, 15) is 19.7 Å². The number of anilines is 2. The van der Waals surface area contributed by atoms with Crippen molar-refractivity contribution >= 4 is 51.4 Å². The fraction of sp³-hybridized carbons (Fsp3) is 0.0833. The predicted octanol–water partition coefficient (Wildman–Crippen LogP) is 5.57. The quantitative estimate of drug-likeness (QED) is 0.263. The Hall–Kier alpha value is -4.37. The SMILES string of the molecule is Cc1cc(NC(=O)COc2ccc(Cl)c([N+](=O)[O-])c2)ccc1NC(=O)c1cc2ccccc2o1. The van der Waals surface area contributed by atoms with Gasteiger partial charge in [-0.15, -0.1) is 0 Å². The number of carbonyl (C=O) groups is 2. The van der Waals surface area contributed by atoms with Gasteiger partial charge in [0, 0.05) is 16.8 Å². The summed E-state index contributed by atoms with van der Waals surface area (Å²) in [4.78, 5) is 35.1. The fourth-order valence-electron chi connectivity index (χ4n) is 3.23. The molecule has 3 aromatic carbocycles. The van der Waals surface area contributed by atoms with Crippen molar-refractivity contribution in [2.24, 2.45) is 0 Å². The highest BCUT2D eigenvalue weighted by molar-refractivity contribution is 6.32. The maximum atomic E-state index is 12.6. The first-order chi connectivity index (χ1) is 16.3. The first-order valence-corrected chi connectivity index (χ1v) is 10.4. The predicted molar refractivity (Wildman–Crippen MR) is 128 cm³/mol. The third-order valence-electron chi connectivity index (χ3n) is 4.89. The molecule has 0 aliphatic carbocycles. The van der Waals surface area contributed by atoms with E-state index in [1.165, 1.54) is 12.1 Å². The second-order valence-corrected chi connectivity index (χ2v) is 7.75. The Morgan fingerprint density at radius 1 is 1.06 bits per heavy atom. The molecule has 0 saturated heterocycles. The molecule has 10 heteroatoms. The van der Waals surface area contributed by atoms with E-state index in [0.29, 0.717) is 17.0 Å². The van der Waals surface area contributed by atoms with Crippen LogP contribution in [0.4, 0.5) is 17.1 Å². The van der Waals surface area contributed by atoms with Crippen LogP contribution in [-0.4, -0.2) is 23.3 Å². The van der Waals surface area contributed by atoms with Crippen LogP contribution in [-0.2, 0) is 4.79 Å². The lowest BCUT2D eigenvalue weighted by molar-refractivity contribution is -0.384. The normalized spacial score (nSPS) is 10.6. The molecule has 0 fully saturated rings. The van der Waals surface area contributed by atoms with Crippen LogP contribution in [0.15, 0.2) is 71.1 Å². The first kappa shape index (κ1) is 22.8. The van der Waals surface area contributed by atoms with Crippen molar-refractivity contribution in [3.63, 3.8) is 0 Å². The molecule has 2 N–H and O–H groups in total. The molecule has 34 heavy (non-hydrogen) atoms. The van der Waals surface area contributed by atoms with Crippen molar-refractivity contribution in [2.75, 3.05) is 17.2 Å². The van der Waals surface area contributed by atoms with E-state index < -0.39 is 10.8 Å². The number of halogens is 1. The van der Waals surface area contributed by atoms with Crippen molar-refractivity contribution in [2.45, 2.75) is 6.92 Å². The Morgan fingerprint density at radius 2 is 1.85 bits per heavy atom. The summed E-state index contributed by atoms with van der Waals surface area (Å²) >= 11 is 5.77. The van der Waals surface area contributed by atoms with Gasteiger partial charge in [0.15, 0.2) is 12.4 Å². The smallest absolute Gasteiger partial charge is 0.291 e. The lowest BCUT2D eigenvalue weighted by atomic mass is 10.1. The summed E-state index contributed by atoms with van der Waals surface area (Å²) < 4.78 is 10.9. The van der Waals surface area contributed by atoms with Gasteiger partial charge in [-0.05, 0) is 55.0 Å². The molecular formula is C24H18ClN3O6.